The molecule has 0 unspecified atom stereocenters. The van der Waals surface area contributed by atoms with E-state index in [0.717, 1.165) is 16.7 Å². The number of nitrogen functional groups attached to an aromatic ring is 1. The van der Waals surface area contributed by atoms with E-state index in [1.54, 1.807) is 6.07 Å². The second kappa shape index (κ2) is 4.90. The van der Waals surface area contributed by atoms with Crippen LogP contribution in [0.4, 0.5) is 5.82 Å². The second-order valence-electron chi connectivity index (χ2n) is 4.99. The standard InChI is InChI=1S/C17H14N2O2/c1-10-3-2-4-11(7-10)12-5-6-13-14(8-12)16(18)19-9-15(13)17(20)21/h2-9H,1H3,(H2,18,19)(H,20,21). The summed E-state index contributed by atoms with van der Waals surface area (Å²) in [5, 5.41) is 10.5. The summed E-state index contributed by atoms with van der Waals surface area (Å²) in [6, 6.07) is 13.7. The topological polar surface area (TPSA) is 76.2 Å². The van der Waals surface area contributed by atoms with Crippen molar-refractivity contribution in [2.45, 2.75) is 6.92 Å². The lowest BCUT2D eigenvalue weighted by molar-refractivity contribution is 0.0698. The summed E-state index contributed by atoms with van der Waals surface area (Å²) in [6.45, 7) is 2.03. The van der Waals surface area contributed by atoms with Gasteiger partial charge in [-0.3, -0.25) is 0 Å². The van der Waals surface area contributed by atoms with Gasteiger partial charge < -0.3 is 10.8 Å². The highest BCUT2D eigenvalue weighted by Gasteiger charge is 2.12. The van der Waals surface area contributed by atoms with Crippen molar-refractivity contribution in [1.29, 1.82) is 0 Å². The Morgan fingerprint density at radius 2 is 1.86 bits per heavy atom. The number of fused-ring (bicyclic) bond motifs is 1. The van der Waals surface area contributed by atoms with Gasteiger partial charge in [-0.05, 0) is 24.1 Å². The second-order valence-corrected chi connectivity index (χ2v) is 4.99. The Balaban J connectivity index is 2.25. The third kappa shape index (κ3) is 2.31. The first-order chi connectivity index (χ1) is 10.1. The molecule has 0 aliphatic heterocycles. The van der Waals surface area contributed by atoms with Crippen molar-refractivity contribution in [1.82, 2.24) is 4.98 Å². The first-order valence-electron chi connectivity index (χ1n) is 6.55. The summed E-state index contributed by atoms with van der Waals surface area (Å²) >= 11 is 0. The molecule has 0 aliphatic carbocycles. The Kier molecular flexibility index (Phi) is 3.06. The molecule has 0 amide bonds. The lowest BCUT2D eigenvalue weighted by atomic mass is 9.99. The molecule has 0 saturated carbocycles. The van der Waals surface area contributed by atoms with E-state index in [9.17, 15) is 9.90 Å². The molecule has 0 aliphatic rings. The van der Waals surface area contributed by atoms with Crippen molar-refractivity contribution in [3.8, 4) is 11.1 Å². The molecule has 2 aromatic carbocycles. The Hall–Kier alpha value is -2.88. The minimum absolute atomic E-state index is 0.162. The van der Waals surface area contributed by atoms with Gasteiger partial charge in [0.05, 0.1) is 5.56 Å². The quantitative estimate of drug-likeness (QED) is 0.752. The minimum Gasteiger partial charge on any atom is -0.478 e. The third-order valence-corrected chi connectivity index (χ3v) is 3.50. The van der Waals surface area contributed by atoms with Gasteiger partial charge in [0.1, 0.15) is 5.82 Å². The van der Waals surface area contributed by atoms with Crippen LogP contribution in [0.3, 0.4) is 0 Å². The Bertz CT molecular complexity index is 857. The van der Waals surface area contributed by atoms with Gasteiger partial charge in [-0.2, -0.15) is 0 Å². The van der Waals surface area contributed by atoms with Gasteiger partial charge >= 0.3 is 5.97 Å². The molecule has 4 nitrogen and oxygen atoms in total. The number of carboxylic acid groups (broad SMARTS) is 1. The largest absolute Gasteiger partial charge is 0.478 e. The molecule has 3 rings (SSSR count). The van der Waals surface area contributed by atoms with Gasteiger partial charge in [0.2, 0.25) is 0 Å². The fraction of sp³-hybridized carbons (Fsp3) is 0.0588. The van der Waals surface area contributed by atoms with E-state index in [0.29, 0.717) is 16.6 Å². The van der Waals surface area contributed by atoms with Gasteiger partial charge in [-0.25, -0.2) is 9.78 Å². The highest BCUT2D eigenvalue weighted by molar-refractivity contribution is 6.07. The number of pyridine rings is 1. The third-order valence-electron chi connectivity index (χ3n) is 3.50. The van der Waals surface area contributed by atoms with E-state index in [2.05, 4.69) is 11.1 Å². The van der Waals surface area contributed by atoms with Crippen molar-refractivity contribution in [3.63, 3.8) is 0 Å². The summed E-state index contributed by atoms with van der Waals surface area (Å²) in [4.78, 5) is 15.2. The van der Waals surface area contributed by atoms with Crippen LogP contribution in [0.5, 0.6) is 0 Å². The van der Waals surface area contributed by atoms with Gasteiger partial charge in [0.25, 0.3) is 0 Å². The number of rotatable bonds is 2. The minimum atomic E-state index is -1.00. The maximum Gasteiger partial charge on any atom is 0.337 e. The number of carboxylic acids is 1. The van der Waals surface area contributed by atoms with Crippen LogP contribution < -0.4 is 5.73 Å². The zero-order valence-electron chi connectivity index (χ0n) is 11.5. The van der Waals surface area contributed by atoms with Crippen LogP contribution in [0.25, 0.3) is 21.9 Å². The SMILES string of the molecule is Cc1cccc(-c2ccc3c(C(=O)O)cnc(N)c3c2)c1. The van der Waals surface area contributed by atoms with Crippen LogP contribution in [-0.2, 0) is 0 Å². The van der Waals surface area contributed by atoms with Crippen LogP contribution in [0, 0.1) is 6.92 Å². The smallest absolute Gasteiger partial charge is 0.337 e. The van der Waals surface area contributed by atoms with Crippen molar-refractivity contribution in [3.05, 3.63) is 59.8 Å². The Labute approximate surface area is 121 Å². The molecule has 0 spiro atoms. The van der Waals surface area contributed by atoms with E-state index in [1.807, 2.05) is 37.3 Å². The van der Waals surface area contributed by atoms with E-state index in [4.69, 9.17) is 5.73 Å². The molecule has 0 fully saturated rings. The van der Waals surface area contributed by atoms with Gasteiger partial charge in [-0.15, -0.1) is 0 Å². The van der Waals surface area contributed by atoms with Crippen LogP contribution in [0.15, 0.2) is 48.7 Å². The van der Waals surface area contributed by atoms with Crippen LogP contribution in [0.2, 0.25) is 0 Å². The first-order valence-corrected chi connectivity index (χ1v) is 6.55. The molecule has 0 bridgehead atoms. The number of aryl methyl sites for hydroxylation is 1. The molecule has 1 heterocycles. The van der Waals surface area contributed by atoms with Crippen LogP contribution in [0.1, 0.15) is 15.9 Å². The van der Waals surface area contributed by atoms with Gasteiger partial charge in [0, 0.05) is 17.0 Å². The molecule has 0 radical (unpaired) electrons. The molecular weight excluding hydrogens is 264 g/mol. The number of aromatic nitrogens is 1. The highest BCUT2D eigenvalue weighted by Crippen LogP contribution is 2.29. The van der Waals surface area contributed by atoms with E-state index < -0.39 is 5.97 Å². The molecule has 3 N–H and O–H groups in total. The summed E-state index contributed by atoms with van der Waals surface area (Å²) in [6.07, 6.45) is 1.30. The van der Waals surface area contributed by atoms with Gasteiger partial charge in [-0.1, -0.05) is 42.0 Å². The van der Waals surface area contributed by atoms with E-state index >= 15 is 0 Å². The summed E-state index contributed by atoms with van der Waals surface area (Å²) < 4.78 is 0. The van der Waals surface area contributed by atoms with Crippen molar-refractivity contribution < 1.29 is 9.90 Å². The lowest BCUT2D eigenvalue weighted by Crippen LogP contribution is -2.01. The number of carbonyl (C=O) groups is 1. The van der Waals surface area contributed by atoms with E-state index in [-0.39, 0.29) is 5.56 Å². The number of benzene rings is 2. The fourth-order valence-electron chi connectivity index (χ4n) is 2.44. The Morgan fingerprint density at radius 1 is 1.10 bits per heavy atom. The number of hydrogen-bond acceptors (Lipinski definition) is 3. The molecule has 3 aromatic rings. The number of hydrogen-bond donors (Lipinski definition) is 2. The molecule has 0 saturated heterocycles. The zero-order valence-corrected chi connectivity index (χ0v) is 11.5. The zero-order chi connectivity index (χ0) is 15.0. The molecule has 0 atom stereocenters. The summed E-state index contributed by atoms with van der Waals surface area (Å²) in [5.74, 6) is -0.666. The maximum atomic E-state index is 11.2. The van der Waals surface area contributed by atoms with Crippen molar-refractivity contribution in [2.24, 2.45) is 0 Å². The van der Waals surface area contributed by atoms with E-state index in [1.165, 1.54) is 6.20 Å². The number of anilines is 1. The average molecular weight is 278 g/mol. The van der Waals surface area contributed by atoms with Crippen molar-refractivity contribution in [2.75, 3.05) is 5.73 Å². The molecule has 104 valence electrons. The van der Waals surface area contributed by atoms with Crippen LogP contribution in [-0.4, -0.2) is 16.1 Å². The predicted molar refractivity (Wildman–Crippen MR) is 83.3 cm³/mol. The van der Waals surface area contributed by atoms with Gasteiger partial charge in [0.15, 0.2) is 0 Å². The average Bonchev–Trinajstić information content (AvgIpc) is 2.47. The molecule has 21 heavy (non-hydrogen) atoms. The predicted octanol–water partition coefficient (Wildman–Crippen LogP) is 3.49. The normalized spacial score (nSPS) is 10.7. The summed E-state index contributed by atoms with van der Waals surface area (Å²) in [5.41, 5.74) is 9.28. The monoisotopic (exact) mass is 278 g/mol. The maximum absolute atomic E-state index is 11.2. The summed E-state index contributed by atoms with van der Waals surface area (Å²) in [7, 11) is 0. The van der Waals surface area contributed by atoms with Crippen LogP contribution >= 0.6 is 0 Å². The number of nitrogens with two attached hydrogens (primary N) is 1. The number of nitrogens with zero attached hydrogens (tertiary/aromatic N) is 1. The highest BCUT2D eigenvalue weighted by atomic mass is 16.4. The number of aromatic carboxylic acids is 1. The van der Waals surface area contributed by atoms with Crippen molar-refractivity contribution >= 4 is 22.6 Å². The Morgan fingerprint density at radius 3 is 2.57 bits per heavy atom. The first kappa shape index (κ1) is 13.1. The molecule has 4 heteroatoms. The lowest BCUT2D eigenvalue weighted by Gasteiger charge is -2.08. The molecule has 1 aromatic heterocycles. The fourth-order valence-corrected chi connectivity index (χ4v) is 2.44. The molecular formula is C17H14N2O2.